The van der Waals surface area contributed by atoms with Crippen molar-refractivity contribution in [2.45, 2.75) is 38.6 Å². The fourth-order valence-electron chi connectivity index (χ4n) is 4.91. The topological polar surface area (TPSA) is 79.3 Å². The maximum Gasteiger partial charge on any atom is 0.290 e. The molecule has 7 heteroatoms. The Morgan fingerprint density at radius 3 is 2.61 bits per heavy atom. The molecule has 0 saturated carbocycles. The average molecular weight is 519 g/mol. The molecule has 0 aliphatic carbocycles. The standard InChI is InChI=1S/C31H38N2O5/c1-2-3-7-20-38-26-13-8-12-25(23-26)29-28(27(34)15-14-24-10-5-4-6-11-24)30(35)31(36)33(29)17-9-16-32-18-21-37-22-19-32/h4-6,8,10-15,23,29,35H,2-3,7,9,16-22H2,1H3. The highest BCUT2D eigenvalue weighted by atomic mass is 16.5. The number of morpholine rings is 1. The second-order valence-corrected chi connectivity index (χ2v) is 9.71. The highest BCUT2D eigenvalue weighted by Gasteiger charge is 2.42. The van der Waals surface area contributed by atoms with Crippen molar-refractivity contribution in [3.8, 4) is 5.75 Å². The highest BCUT2D eigenvalue weighted by Crippen LogP contribution is 2.39. The summed E-state index contributed by atoms with van der Waals surface area (Å²) >= 11 is 0. The molecule has 4 rings (SSSR count). The van der Waals surface area contributed by atoms with Gasteiger partial charge in [-0.3, -0.25) is 14.5 Å². The summed E-state index contributed by atoms with van der Waals surface area (Å²) in [6.07, 6.45) is 7.03. The third kappa shape index (κ3) is 7.11. The molecule has 2 aliphatic rings. The summed E-state index contributed by atoms with van der Waals surface area (Å²) in [7, 11) is 0. The number of allylic oxidation sites excluding steroid dienone is 1. The van der Waals surface area contributed by atoms with Crippen molar-refractivity contribution in [1.29, 1.82) is 0 Å². The molecule has 2 aromatic rings. The van der Waals surface area contributed by atoms with Crippen LogP contribution in [0.3, 0.4) is 0 Å². The van der Waals surface area contributed by atoms with E-state index in [4.69, 9.17) is 9.47 Å². The molecular formula is C31H38N2O5. The molecule has 38 heavy (non-hydrogen) atoms. The average Bonchev–Trinajstić information content (AvgIpc) is 3.20. The SMILES string of the molecule is CCCCCOc1cccc(C2C(C(=O)C=Cc3ccccc3)=C(O)C(=O)N2CCCN2CCOCC2)c1. The van der Waals surface area contributed by atoms with E-state index in [2.05, 4.69) is 11.8 Å². The van der Waals surface area contributed by atoms with Gasteiger partial charge < -0.3 is 19.5 Å². The van der Waals surface area contributed by atoms with E-state index in [0.29, 0.717) is 32.1 Å². The maximum absolute atomic E-state index is 13.4. The van der Waals surface area contributed by atoms with Crippen molar-refractivity contribution in [2.24, 2.45) is 0 Å². The van der Waals surface area contributed by atoms with Crippen LogP contribution in [-0.2, 0) is 14.3 Å². The summed E-state index contributed by atoms with van der Waals surface area (Å²) in [4.78, 5) is 30.6. The molecule has 2 aliphatic heterocycles. The minimum atomic E-state index is -0.681. The molecule has 2 aromatic carbocycles. The minimum Gasteiger partial charge on any atom is -0.503 e. The molecule has 202 valence electrons. The van der Waals surface area contributed by atoms with Gasteiger partial charge in [-0.2, -0.15) is 0 Å². The summed E-state index contributed by atoms with van der Waals surface area (Å²) in [6, 6.07) is 16.3. The van der Waals surface area contributed by atoms with Crippen LogP contribution in [0.2, 0.25) is 0 Å². The summed E-state index contributed by atoms with van der Waals surface area (Å²) in [5.74, 6) is -0.673. The van der Waals surface area contributed by atoms with E-state index in [-0.39, 0.29) is 11.4 Å². The lowest BCUT2D eigenvalue weighted by atomic mass is 9.95. The van der Waals surface area contributed by atoms with E-state index in [1.807, 2.05) is 54.6 Å². The summed E-state index contributed by atoms with van der Waals surface area (Å²) in [6.45, 7) is 7.16. The minimum absolute atomic E-state index is 0.108. The van der Waals surface area contributed by atoms with Crippen molar-refractivity contribution in [1.82, 2.24) is 9.80 Å². The first-order valence-electron chi connectivity index (χ1n) is 13.6. The number of hydrogen-bond donors (Lipinski definition) is 1. The molecular weight excluding hydrogens is 480 g/mol. The fraction of sp³-hybridized carbons (Fsp3) is 0.419. The van der Waals surface area contributed by atoms with Crippen molar-refractivity contribution < 1.29 is 24.2 Å². The smallest absolute Gasteiger partial charge is 0.290 e. The van der Waals surface area contributed by atoms with E-state index in [1.54, 1.807) is 11.0 Å². The number of ketones is 1. The molecule has 0 spiro atoms. The number of carbonyl (C=O) groups is 2. The van der Waals surface area contributed by atoms with Gasteiger partial charge in [0.25, 0.3) is 5.91 Å². The Labute approximate surface area is 225 Å². The Balaban J connectivity index is 1.57. The maximum atomic E-state index is 13.4. The molecule has 7 nitrogen and oxygen atoms in total. The molecule has 1 unspecified atom stereocenters. The van der Waals surface area contributed by atoms with Crippen LogP contribution in [0.15, 0.2) is 72.0 Å². The van der Waals surface area contributed by atoms with Gasteiger partial charge in [0.1, 0.15) is 5.75 Å². The second kappa shape index (κ2) is 13.9. The number of rotatable bonds is 13. The van der Waals surface area contributed by atoms with Crippen LogP contribution in [0.25, 0.3) is 6.08 Å². The Morgan fingerprint density at radius 2 is 1.84 bits per heavy atom. The molecule has 1 N–H and O–H groups in total. The Morgan fingerprint density at radius 1 is 1.05 bits per heavy atom. The first-order chi connectivity index (χ1) is 18.6. The zero-order valence-corrected chi connectivity index (χ0v) is 22.2. The predicted molar refractivity (Wildman–Crippen MR) is 148 cm³/mol. The van der Waals surface area contributed by atoms with E-state index in [0.717, 1.165) is 56.4 Å². The number of aliphatic hydroxyl groups excluding tert-OH is 1. The van der Waals surface area contributed by atoms with Crippen molar-refractivity contribution in [3.05, 3.63) is 83.1 Å². The summed E-state index contributed by atoms with van der Waals surface area (Å²) < 4.78 is 11.4. The van der Waals surface area contributed by atoms with Crippen molar-refractivity contribution in [2.75, 3.05) is 46.0 Å². The summed E-state index contributed by atoms with van der Waals surface area (Å²) in [5, 5.41) is 10.9. The van der Waals surface area contributed by atoms with Gasteiger partial charge in [-0.25, -0.2) is 0 Å². The van der Waals surface area contributed by atoms with Gasteiger partial charge in [0.2, 0.25) is 0 Å². The zero-order chi connectivity index (χ0) is 26.7. The van der Waals surface area contributed by atoms with E-state index < -0.39 is 17.7 Å². The third-order valence-electron chi connectivity index (χ3n) is 6.96. The number of ether oxygens (including phenoxy) is 2. The second-order valence-electron chi connectivity index (χ2n) is 9.71. The molecule has 0 aromatic heterocycles. The van der Waals surface area contributed by atoms with Crippen LogP contribution < -0.4 is 4.74 Å². The van der Waals surface area contributed by atoms with Crippen LogP contribution >= 0.6 is 0 Å². The fourth-order valence-corrected chi connectivity index (χ4v) is 4.91. The van der Waals surface area contributed by atoms with Gasteiger partial charge in [0.05, 0.1) is 31.4 Å². The Bertz CT molecular complexity index is 1140. The molecule has 1 atom stereocenters. The normalized spacial score (nSPS) is 18.5. The van der Waals surface area contributed by atoms with Gasteiger partial charge in [-0.15, -0.1) is 0 Å². The molecule has 1 saturated heterocycles. The molecule has 0 radical (unpaired) electrons. The van der Waals surface area contributed by atoms with Gasteiger partial charge in [-0.1, -0.05) is 68.3 Å². The van der Waals surface area contributed by atoms with E-state index >= 15 is 0 Å². The molecule has 1 fully saturated rings. The van der Waals surface area contributed by atoms with Gasteiger partial charge in [0, 0.05) is 26.2 Å². The quantitative estimate of drug-likeness (QED) is 0.298. The van der Waals surface area contributed by atoms with Crippen molar-refractivity contribution in [3.63, 3.8) is 0 Å². The van der Waals surface area contributed by atoms with Gasteiger partial charge >= 0.3 is 0 Å². The number of amides is 1. The first kappa shape index (κ1) is 27.6. The van der Waals surface area contributed by atoms with Crippen LogP contribution in [0.5, 0.6) is 5.75 Å². The van der Waals surface area contributed by atoms with Crippen LogP contribution in [0, 0.1) is 0 Å². The number of aliphatic hydroxyl groups is 1. The van der Waals surface area contributed by atoms with Crippen LogP contribution in [0.1, 0.15) is 49.8 Å². The Kier molecular flexibility index (Phi) is 10.1. The highest BCUT2D eigenvalue weighted by molar-refractivity contribution is 6.14. The number of carbonyl (C=O) groups excluding carboxylic acids is 2. The van der Waals surface area contributed by atoms with Crippen LogP contribution in [0.4, 0.5) is 0 Å². The van der Waals surface area contributed by atoms with Gasteiger partial charge in [0.15, 0.2) is 11.5 Å². The number of hydrogen-bond acceptors (Lipinski definition) is 6. The molecule has 2 heterocycles. The number of unbranched alkanes of at least 4 members (excludes halogenated alkanes) is 2. The third-order valence-corrected chi connectivity index (χ3v) is 6.96. The van der Waals surface area contributed by atoms with Crippen LogP contribution in [-0.4, -0.2) is 72.6 Å². The Hall–Kier alpha value is -3.42. The zero-order valence-electron chi connectivity index (χ0n) is 22.2. The van der Waals surface area contributed by atoms with E-state index in [9.17, 15) is 14.7 Å². The van der Waals surface area contributed by atoms with Gasteiger partial charge in [-0.05, 0) is 42.2 Å². The van der Waals surface area contributed by atoms with E-state index in [1.165, 1.54) is 6.08 Å². The lowest BCUT2D eigenvalue weighted by Crippen LogP contribution is -2.39. The van der Waals surface area contributed by atoms with Crippen molar-refractivity contribution >= 4 is 17.8 Å². The lowest BCUT2D eigenvalue weighted by Gasteiger charge is -2.30. The molecule has 0 bridgehead atoms. The summed E-state index contributed by atoms with van der Waals surface area (Å²) in [5.41, 5.74) is 1.72. The largest absolute Gasteiger partial charge is 0.503 e. The predicted octanol–water partition coefficient (Wildman–Crippen LogP) is 4.96. The number of nitrogens with zero attached hydrogens (tertiary/aromatic N) is 2. The lowest BCUT2D eigenvalue weighted by molar-refractivity contribution is -0.129. The molecule has 1 amide bonds. The monoisotopic (exact) mass is 518 g/mol. The number of benzene rings is 2. The first-order valence-corrected chi connectivity index (χ1v) is 13.6.